The van der Waals surface area contributed by atoms with Crippen LogP contribution in [0.1, 0.15) is 30.5 Å². The van der Waals surface area contributed by atoms with Gasteiger partial charge in [0.15, 0.2) is 0 Å². The molecule has 0 atom stereocenters. The first kappa shape index (κ1) is 23.8. The Morgan fingerprint density at radius 3 is 2.41 bits per heavy atom. The van der Waals surface area contributed by atoms with E-state index in [0.29, 0.717) is 12.1 Å². The molecule has 0 radical (unpaired) electrons. The van der Waals surface area contributed by atoms with Crippen molar-refractivity contribution in [2.75, 3.05) is 7.05 Å². The molecule has 29 heavy (non-hydrogen) atoms. The zero-order valence-electron chi connectivity index (χ0n) is 18.2. The Balaban J connectivity index is 3.64. The van der Waals surface area contributed by atoms with Gasteiger partial charge < -0.3 is 16.4 Å². The van der Waals surface area contributed by atoms with E-state index in [1.807, 2.05) is 38.4 Å². The van der Waals surface area contributed by atoms with Gasteiger partial charge in [-0.05, 0) is 86.4 Å². The number of nitrogens with one attached hydrogen (secondary N) is 2. The monoisotopic (exact) mass is 391 g/mol. The molecule has 0 heterocycles. The van der Waals surface area contributed by atoms with Crippen molar-refractivity contribution in [2.45, 2.75) is 34.1 Å². The molecule has 1 rings (SSSR count). The Kier molecular flexibility index (Phi) is 10.0. The van der Waals surface area contributed by atoms with E-state index in [0.717, 1.165) is 23.1 Å². The van der Waals surface area contributed by atoms with Gasteiger partial charge in [0, 0.05) is 24.5 Å². The average Bonchev–Trinajstić information content (AvgIpc) is 2.71. The Morgan fingerprint density at radius 1 is 1.24 bits per heavy atom. The minimum atomic E-state index is 0.555. The standard InChI is InChI=1S/C25H33N3O/c1-7-21(15-22(26)8-2)25(16-28-17-29)23(12-13-27-6)20(5)14-24-18(3)10-9-11-19(24)4/h7-13,15-17,27H,2,14,26H2,1,3-6H3,(H,28,29)/b13-12-,21-7-,22-15-,23-20-,25-16+. The Bertz CT molecular complexity index is 863. The molecule has 0 fully saturated rings. The highest BCUT2D eigenvalue weighted by atomic mass is 16.1. The molecule has 1 aromatic carbocycles. The van der Waals surface area contributed by atoms with E-state index >= 15 is 0 Å². The van der Waals surface area contributed by atoms with Crippen LogP contribution in [0, 0.1) is 13.8 Å². The van der Waals surface area contributed by atoms with Crippen LogP contribution in [-0.4, -0.2) is 13.5 Å². The minimum absolute atomic E-state index is 0.555. The second kappa shape index (κ2) is 12.2. The lowest BCUT2D eigenvalue weighted by molar-refractivity contribution is -0.108. The summed E-state index contributed by atoms with van der Waals surface area (Å²) in [7, 11) is 1.86. The Labute approximate surface area is 175 Å². The molecule has 0 bridgehead atoms. The summed E-state index contributed by atoms with van der Waals surface area (Å²) in [5, 5.41) is 5.74. The molecule has 4 heteroatoms. The lowest BCUT2D eigenvalue weighted by atomic mass is 9.89. The minimum Gasteiger partial charge on any atom is -0.399 e. The van der Waals surface area contributed by atoms with Crippen molar-refractivity contribution >= 4 is 6.41 Å². The van der Waals surface area contributed by atoms with E-state index in [-0.39, 0.29) is 0 Å². The van der Waals surface area contributed by atoms with Crippen molar-refractivity contribution in [1.82, 2.24) is 10.6 Å². The summed E-state index contributed by atoms with van der Waals surface area (Å²) >= 11 is 0. The van der Waals surface area contributed by atoms with Crippen LogP contribution < -0.4 is 16.4 Å². The number of carbonyl (C=O) groups is 1. The zero-order valence-corrected chi connectivity index (χ0v) is 18.2. The van der Waals surface area contributed by atoms with Crippen LogP contribution in [0.15, 0.2) is 89.5 Å². The second-order valence-electron chi connectivity index (χ2n) is 6.80. The topological polar surface area (TPSA) is 67.1 Å². The maximum Gasteiger partial charge on any atom is 0.211 e. The smallest absolute Gasteiger partial charge is 0.211 e. The number of nitrogens with two attached hydrogens (primary N) is 1. The Hall–Kier alpha value is -3.27. The van der Waals surface area contributed by atoms with Crippen LogP contribution in [0.4, 0.5) is 0 Å². The fraction of sp³-hybridized carbons (Fsp3) is 0.240. The van der Waals surface area contributed by atoms with Crippen molar-refractivity contribution in [3.8, 4) is 0 Å². The normalized spacial score (nSPS) is 13.9. The fourth-order valence-corrected chi connectivity index (χ4v) is 3.11. The van der Waals surface area contributed by atoms with Gasteiger partial charge in [0.25, 0.3) is 0 Å². The number of carbonyl (C=O) groups excluding carboxylic acids is 1. The van der Waals surface area contributed by atoms with E-state index in [1.54, 1.807) is 12.3 Å². The number of amides is 1. The van der Waals surface area contributed by atoms with Gasteiger partial charge in [-0.25, -0.2) is 0 Å². The van der Waals surface area contributed by atoms with E-state index in [4.69, 9.17) is 5.73 Å². The molecule has 4 N–H and O–H groups in total. The first-order valence-electron chi connectivity index (χ1n) is 9.64. The van der Waals surface area contributed by atoms with Crippen molar-refractivity contribution in [3.05, 3.63) is 106 Å². The highest BCUT2D eigenvalue weighted by Gasteiger charge is 2.13. The third kappa shape index (κ3) is 7.00. The number of hydrogen-bond acceptors (Lipinski definition) is 3. The summed E-state index contributed by atoms with van der Waals surface area (Å²) in [6.07, 6.45) is 12.5. The number of benzene rings is 1. The highest BCUT2D eigenvalue weighted by molar-refractivity contribution is 5.60. The van der Waals surface area contributed by atoms with Gasteiger partial charge in [-0.3, -0.25) is 4.79 Å². The third-order valence-corrected chi connectivity index (χ3v) is 4.73. The van der Waals surface area contributed by atoms with Crippen LogP contribution in [-0.2, 0) is 11.2 Å². The van der Waals surface area contributed by atoms with Crippen LogP contribution in [0.5, 0.6) is 0 Å². The molecule has 0 aliphatic rings. The fourth-order valence-electron chi connectivity index (χ4n) is 3.11. The molecule has 0 aliphatic carbocycles. The molecule has 0 spiro atoms. The average molecular weight is 392 g/mol. The van der Waals surface area contributed by atoms with E-state index < -0.39 is 0 Å². The summed E-state index contributed by atoms with van der Waals surface area (Å²) in [5.41, 5.74) is 14.3. The van der Waals surface area contributed by atoms with Gasteiger partial charge in [-0.1, -0.05) is 36.4 Å². The zero-order chi connectivity index (χ0) is 21.8. The number of allylic oxidation sites excluding steroid dienone is 8. The predicted octanol–water partition coefficient (Wildman–Crippen LogP) is 4.50. The molecule has 1 amide bonds. The van der Waals surface area contributed by atoms with E-state index in [2.05, 4.69) is 56.2 Å². The summed E-state index contributed by atoms with van der Waals surface area (Å²) in [6.45, 7) is 12.0. The van der Waals surface area contributed by atoms with Gasteiger partial charge in [-0.15, -0.1) is 0 Å². The van der Waals surface area contributed by atoms with Gasteiger partial charge >= 0.3 is 0 Å². The number of rotatable bonds is 10. The summed E-state index contributed by atoms with van der Waals surface area (Å²) in [6, 6.07) is 6.35. The van der Waals surface area contributed by atoms with E-state index in [9.17, 15) is 4.79 Å². The van der Waals surface area contributed by atoms with Crippen molar-refractivity contribution in [2.24, 2.45) is 5.73 Å². The molecule has 0 aromatic heterocycles. The predicted molar refractivity (Wildman–Crippen MR) is 124 cm³/mol. The highest BCUT2D eigenvalue weighted by Crippen LogP contribution is 2.28. The van der Waals surface area contributed by atoms with E-state index in [1.165, 1.54) is 22.3 Å². The lowest BCUT2D eigenvalue weighted by Crippen LogP contribution is -2.08. The quantitative estimate of drug-likeness (QED) is 0.406. The number of hydrogen-bond donors (Lipinski definition) is 3. The Morgan fingerprint density at radius 2 is 1.90 bits per heavy atom. The SMILES string of the molecule is C=C/C(N)=C/C(=C/C)C(=C\NC=O)/C(/C=C\NC)=C(/C)Cc1c(C)cccc1C. The van der Waals surface area contributed by atoms with Crippen LogP contribution in [0.2, 0.25) is 0 Å². The van der Waals surface area contributed by atoms with Crippen LogP contribution >= 0.6 is 0 Å². The largest absolute Gasteiger partial charge is 0.399 e. The van der Waals surface area contributed by atoms with Crippen LogP contribution in [0.25, 0.3) is 0 Å². The molecular weight excluding hydrogens is 358 g/mol. The first-order valence-corrected chi connectivity index (χ1v) is 9.64. The second-order valence-corrected chi connectivity index (χ2v) is 6.80. The molecule has 0 unspecified atom stereocenters. The first-order chi connectivity index (χ1) is 13.9. The van der Waals surface area contributed by atoms with Crippen molar-refractivity contribution in [3.63, 3.8) is 0 Å². The third-order valence-electron chi connectivity index (χ3n) is 4.73. The van der Waals surface area contributed by atoms with Gasteiger partial charge in [-0.2, -0.15) is 0 Å². The van der Waals surface area contributed by atoms with Gasteiger partial charge in [0.1, 0.15) is 0 Å². The lowest BCUT2D eigenvalue weighted by Gasteiger charge is -2.17. The molecule has 0 aliphatic heterocycles. The molecular formula is C25H33N3O. The number of aryl methyl sites for hydroxylation is 2. The molecule has 154 valence electrons. The molecule has 0 saturated heterocycles. The maximum atomic E-state index is 11.0. The van der Waals surface area contributed by atoms with Crippen molar-refractivity contribution < 1.29 is 4.79 Å². The molecule has 0 saturated carbocycles. The molecule has 4 nitrogen and oxygen atoms in total. The summed E-state index contributed by atoms with van der Waals surface area (Å²) in [5.74, 6) is 0. The van der Waals surface area contributed by atoms with Crippen LogP contribution in [0.3, 0.4) is 0 Å². The van der Waals surface area contributed by atoms with Crippen molar-refractivity contribution in [1.29, 1.82) is 0 Å². The summed E-state index contributed by atoms with van der Waals surface area (Å²) < 4.78 is 0. The molecule has 1 aromatic rings. The van der Waals surface area contributed by atoms with Gasteiger partial charge in [0.2, 0.25) is 6.41 Å². The maximum absolute atomic E-state index is 11.0. The van der Waals surface area contributed by atoms with Gasteiger partial charge in [0.05, 0.1) is 0 Å². The summed E-state index contributed by atoms with van der Waals surface area (Å²) in [4.78, 5) is 11.0.